The summed E-state index contributed by atoms with van der Waals surface area (Å²) >= 11 is 0. The Morgan fingerprint density at radius 3 is 2.24 bits per heavy atom. The van der Waals surface area contributed by atoms with Crippen LogP contribution in [-0.4, -0.2) is 22.2 Å². The normalized spacial score (nSPS) is 13.5. The van der Waals surface area contributed by atoms with Crippen molar-refractivity contribution in [1.82, 2.24) is 10.3 Å². The number of halogens is 7. The van der Waals surface area contributed by atoms with Crippen molar-refractivity contribution in [2.24, 2.45) is 0 Å². The summed E-state index contributed by atoms with van der Waals surface area (Å²) < 4.78 is 93.7. The first-order valence-electron chi connectivity index (χ1n) is 9.34. The predicted molar refractivity (Wildman–Crippen MR) is 103 cm³/mol. The van der Waals surface area contributed by atoms with Gasteiger partial charge in [0.2, 0.25) is 0 Å². The van der Waals surface area contributed by atoms with E-state index in [1.54, 1.807) is 0 Å². The second-order valence-corrected chi connectivity index (χ2v) is 7.13. The van der Waals surface area contributed by atoms with Crippen LogP contribution in [0.3, 0.4) is 0 Å². The lowest BCUT2D eigenvalue weighted by atomic mass is 9.96. The molecule has 0 bridgehead atoms. The zero-order valence-electron chi connectivity index (χ0n) is 16.7. The number of rotatable bonds is 5. The van der Waals surface area contributed by atoms with Gasteiger partial charge in [-0.2, -0.15) is 13.2 Å². The molecule has 0 aliphatic carbocycles. The molecular formula is C22H15F7N2O2. The van der Waals surface area contributed by atoms with Crippen LogP contribution in [0.4, 0.5) is 30.7 Å². The molecule has 2 atom stereocenters. The number of nitrogens with one attached hydrogen (secondary N) is 1. The molecule has 0 saturated carbocycles. The van der Waals surface area contributed by atoms with Crippen LogP contribution in [0.25, 0.3) is 11.1 Å². The largest absolute Gasteiger partial charge is 0.418 e. The van der Waals surface area contributed by atoms with E-state index in [2.05, 4.69) is 10.3 Å². The van der Waals surface area contributed by atoms with Crippen LogP contribution in [-0.2, 0) is 0 Å². The Kier molecular flexibility index (Phi) is 6.73. The lowest BCUT2D eigenvalue weighted by Gasteiger charge is -2.19. The van der Waals surface area contributed by atoms with E-state index < -0.39 is 58.6 Å². The van der Waals surface area contributed by atoms with Gasteiger partial charge in [-0.3, -0.25) is 9.78 Å². The molecule has 0 aliphatic heterocycles. The highest BCUT2D eigenvalue weighted by atomic mass is 19.4. The summed E-state index contributed by atoms with van der Waals surface area (Å²) in [6.45, 7) is 1.30. The number of hydrogen-bond donors (Lipinski definition) is 2. The highest BCUT2D eigenvalue weighted by Crippen LogP contribution is 2.35. The van der Waals surface area contributed by atoms with Crippen molar-refractivity contribution in [1.29, 1.82) is 0 Å². The molecule has 2 aromatic carbocycles. The van der Waals surface area contributed by atoms with E-state index in [-0.39, 0.29) is 16.8 Å². The Labute approximate surface area is 182 Å². The minimum atomic E-state index is -5.10. The highest BCUT2D eigenvalue weighted by Gasteiger charge is 2.40. The number of aliphatic hydroxyl groups is 1. The van der Waals surface area contributed by atoms with Crippen molar-refractivity contribution < 1.29 is 40.6 Å². The predicted octanol–water partition coefficient (Wildman–Crippen LogP) is 5.39. The van der Waals surface area contributed by atoms with Crippen LogP contribution in [0.2, 0.25) is 0 Å². The third kappa shape index (κ3) is 5.48. The van der Waals surface area contributed by atoms with Gasteiger partial charge in [-0.05, 0) is 48.4 Å². The molecule has 11 heteroatoms. The van der Waals surface area contributed by atoms with Gasteiger partial charge in [0.1, 0.15) is 23.3 Å². The lowest BCUT2D eigenvalue weighted by molar-refractivity contribution is -0.206. The van der Waals surface area contributed by atoms with Crippen LogP contribution in [0.15, 0.2) is 48.7 Å². The third-order valence-corrected chi connectivity index (χ3v) is 4.68. The average molecular weight is 472 g/mol. The van der Waals surface area contributed by atoms with Crippen LogP contribution in [0, 0.1) is 23.3 Å². The fourth-order valence-electron chi connectivity index (χ4n) is 3.10. The first kappa shape index (κ1) is 24.2. The molecule has 3 aromatic rings. The van der Waals surface area contributed by atoms with Crippen LogP contribution in [0.1, 0.15) is 40.7 Å². The quantitative estimate of drug-likeness (QED) is 0.490. The van der Waals surface area contributed by atoms with E-state index in [9.17, 15) is 40.6 Å². The van der Waals surface area contributed by atoms with Crippen molar-refractivity contribution in [2.75, 3.05) is 0 Å². The Bertz CT molecular complexity index is 1200. The average Bonchev–Trinajstić information content (AvgIpc) is 2.72. The van der Waals surface area contributed by atoms with Gasteiger partial charge in [0, 0.05) is 23.3 Å². The smallest absolute Gasteiger partial charge is 0.379 e. The Morgan fingerprint density at radius 2 is 1.64 bits per heavy atom. The molecule has 0 radical (unpaired) electrons. The number of carbonyl (C=O) groups excluding carboxylic acids is 1. The number of aromatic nitrogens is 1. The third-order valence-electron chi connectivity index (χ3n) is 4.68. The first-order chi connectivity index (χ1) is 15.4. The number of amides is 1. The second kappa shape index (κ2) is 9.18. The Hall–Kier alpha value is -3.47. The molecule has 1 unspecified atom stereocenters. The van der Waals surface area contributed by atoms with Crippen molar-refractivity contribution in [2.45, 2.75) is 25.2 Å². The van der Waals surface area contributed by atoms with E-state index in [1.165, 1.54) is 6.92 Å². The maximum Gasteiger partial charge on any atom is 0.418 e. The van der Waals surface area contributed by atoms with E-state index in [0.29, 0.717) is 12.1 Å². The summed E-state index contributed by atoms with van der Waals surface area (Å²) in [7, 11) is 0. The number of carbonyl (C=O) groups is 1. The number of hydrogen-bond acceptors (Lipinski definition) is 3. The van der Waals surface area contributed by atoms with Gasteiger partial charge in [-0.1, -0.05) is 0 Å². The summed E-state index contributed by atoms with van der Waals surface area (Å²) in [5.74, 6) is -5.05. The second-order valence-electron chi connectivity index (χ2n) is 7.13. The molecule has 174 valence electrons. The van der Waals surface area contributed by atoms with Gasteiger partial charge >= 0.3 is 6.18 Å². The van der Waals surface area contributed by atoms with Crippen molar-refractivity contribution in [3.63, 3.8) is 0 Å². The molecule has 1 heterocycles. The molecule has 0 aliphatic rings. The van der Waals surface area contributed by atoms with Gasteiger partial charge in [-0.25, -0.2) is 17.6 Å². The number of alkyl halides is 3. The fraction of sp³-hybridized carbons (Fsp3) is 0.182. The van der Waals surface area contributed by atoms with Crippen molar-refractivity contribution in [3.05, 3.63) is 88.8 Å². The number of nitrogens with zero attached hydrogens (tertiary/aromatic N) is 1. The maximum atomic E-state index is 14.2. The standard InChI is InChI=1S/C22H15F7N2O2/c1-10(19-18(26)8-15(24)9-30-19)31-21(33)13-5-11(16-3-2-14(23)7-17(16)25)4-12(6-13)20(32)22(27,28)29/h2-10,20,32H,1H3,(H,31,33)/t10-,20?/m1/s1. The summed E-state index contributed by atoms with van der Waals surface area (Å²) in [4.78, 5) is 16.3. The summed E-state index contributed by atoms with van der Waals surface area (Å²) in [5, 5.41) is 12.0. The van der Waals surface area contributed by atoms with Gasteiger partial charge in [0.25, 0.3) is 5.91 Å². The lowest BCUT2D eigenvalue weighted by Crippen LogP contribution is -2.28. The van der Waals surface area contributed by atoms with Gasteiger partial charge in [-0.15, -0.1) is 0 Å². The van der Waals surface area contributed by atoms with E-state index in [0.717, 1.165) is 36.5 Å². The van der Waals surface area contributed by atoms with Gasteiger partial charge in [0.05, 0.1) is 17.9 Å². The van der Waals surface area contributed by atoms with Gasteiger partial charge in [0.15, 0.2) is 6.10 Å². The van der Waals surface area contributed by atoms with Crippen molar-refractivity contribution in [3.8, 4) is 11.1 Å². The maximum absolute atomic E-state index is 14.2. The minimum Gasteiger partial charge on any atom is -0.379 e. The zero-order valence-corrected chi connectivity index (χ0v) is 16.7. The van der Waals surface area contributed by atoms with Gasteiger partial charge < -0.3 is 10.4 Å². The molecule has 4 nitrogen and oxygen atoms in total. The Balaban J connectivity index is 2.03. The molecule has 1 aromatic heterocycles. The van der Waals surface area contributed by atoms with Crippen LogP contribution < -0.4 is 5.32 Å². The SMILES string of the molecule is C[C@@H](NC(=O)c1cc(-c2ccc(F)cc2F)cc(C(O)C(F)(F)F)c1)c1ncc(F)cc1F. The van der Waals surface area contributed by atoms with Crippen LogP contribution >= 0.6 is 0 Å². The fourth-order valence-corrected chi connectivity index (χ4v) is 3.10. The zero-order chi connectivity index (χ0) is 24.5. The topological polar surface area (TPSA) is 62.2 Å². The molecule has 1 amide bonds. The summed E-state index contributed by atoms with van der Waals surface area (Å²) in [6, 6.07) is 4.34. The van der Waals surface area contributed by atoms with E-state index in [1.807, 2.05) is 0 Å². The molecule has 0 saturated heterocycles. The van der Waals surface area contributed by atoms with Crippen LogP contribution in [0.5, 0.6) is 0 Å². The summed E-state index contributed by atoms with van der Waals surface area (Å²) in [6.07, 6.45) is -7.37. The molecule has 33 heavy (non-hydrogen) atoms. The molecule has 0 fully saturated rings. The molecular weight excluding hydrogens is 457 g/mol. The first-order valence-corrected chi connectivity index (χ1v) is 9.34. The molecule has 3 rings (SSSR count). The monoisotopic (exact) mass is 472 g/mol. The van der Waals surface area contributed by atoms with E-state index >= 15 is 0 Å². The molecule has 0 spiro atoms. The van der Waals surface area contributed by atoms with E-state index in [4.69, 9.17) is 0 Å². The summed E-state index contributed by atoms with van der Waals surface area (Å²) in [5.41, 5.74) is -2.09. The highest BCUT2D eigenvalue weighted by molar-refractivity contribution is 5.96. The minimum absolute atomic E-state index is 0.239. The molecule has 2 N–H and O–H groups in total. The van der Waals surface area contributed by atoms with Crippen molar-refractivity contribution >= 4 is 5.91 Å². The number of benzene rings is 2. The number of pyridine rings is 1. The Morgan fingerprint density at radius 1 is 0.970 bits per heavy atom. The number of aliphatic hydroxyl groups excluding tert-OH is 1.